The van der Waals surface area contributed by atoms with Crippen molar-refractivity contribution in [3.63, 3.8) is 0 Å². The van der Waals surface area contributed by atoms with Gasteiger partial charge in [-0.2, -0.15) is 0 Å². The second-order valence-electron chi connectivity index (χ2n) is 5.01. The van der Waals surface area contributed by atoms with Crippen LogP contribution in [0.1, 0.15) is 26.7 Å². The van der Waals surface area contributed by atoms with Crippen molar-refractivity contribution in [3.05, 3.63) is 0 Å². The Bertz CT molecular complexity index is 169. The van der Waals surface area contributed by atoms with Crippen LogP contribution in [0.4, 0.5) is 0 Å². The maximum Gasteiger partial charge on any atom is 0.0218 e. The molecule has 0 spiro atoms. The van der Waals surface area contributed by atoms with Gasteiger partial charge in [-0.25, -0.2) is 0 Å². The average molecular weight is 219 g/mol. The van der Waals surface area contributed by atoms with Crippen LogP contribution >= 0.6 is 12.4 Å². The van der Waals surface area contributed by atoms with E-state index in [4.69, 9.17) is 0 Å². The van der Waals surface area contributed by atoms with Gasteiger partial charge in [0.2, 0.25) is 0 Å². The Morgan fingerprint density at radius 3 is 2.64 bits per heavy atom. The fraction of sp³-hybridized carbons (Fsp3) is 1.00. The van der Waals surface area contributed by atoms with E-state index in [1.165, 1.54) is 39.0 Å². The van der Waals surface area contributed by atoms with Gasteiger partial charge in [0.15, 0.2) is 0 Å². The van der Waals surface area contributed by atoms with Crippen molar-refractivity contribution in [1.29, 1.82) is 0 Å². The van der Waals surface area contributed by atoms with Gasteiger partial charge in [-0.05, 0) is 24.7 Å². The lowest BCUT2D eigenvalue weighted by atomic mass is 10.0. The lowest BCUT2D eigenvalue weighted by Crippen LogP contribution is -2.53. The zero-order chi connectivity index (χ0) is 9.26. The highest BCUT2D eigenvalue weighted by atomic mass is 35.5. The van der Waals surface area contributed by atoms with E-state index in [1.807, 2.05) is 0 Å². The number of nitrogens with one attached hydrogen (secondary N) is 1. The Hall–Kier alpha value is 0.210. The van der Waals surface area contributed by atoms with E-state index in [9.17, 15) is 0 Å². The third-order valence-electron chi connectivity index (χ3n) is 3.31. The minimum Gasteiger partial charge on any atom is -0.311 e. The summed E-state index contributed by atoms with van der Waals surface area (Å²) in [5, 5.41) is 3.60. The molecule has 1 aliphatic carbocycles. The first-order valence-electron chi connectivity index (χ1n) is 5.71. The zero-order valence-corrected chi connectivity index (χ0v) is 10.1. The van der Waals surface area contributed by atoms with Crippen LogP contribution in [-0.4, -0.2) is 37.1 Å². The summed E-state index contributed by atoms with van der Waals surface area (Å²) in [6.07, 6.45) is 2.96. The Kier molecular flexibility index (Phi) is 4.68. The fourth-order valence-electron chi connectivity index (χ4n) is 2.12. The van der Waals surface area contributed by atoms with Crippen LogP contribution < -0.4 is 5.32 Å². The molecular weight excluding hydrogens is 196 g/mol. The quantitative estimate of drug-likeness (QED) is 0.777. The van der Waals surface area contributed by atoms with E-state index in [0.717, 1.165) is 17.9 Å². The number of piperazine rings is 1. The van der Waals surface area contributed by atoms with E-state index in [2.05, 4.69) is 24.1 Å². The highest BCUT2D eigenvalue weighted by Crippen LogP contribution is 2.30. The van der Waals surface area contributed by atoms with E-state index in [1.54, 1.807) is 0 Å². The number of hydrogen-bond acceptors (Lipinski definition) is 2. The van der Waals surface area contributed by atoms with Crippen LogP contribution in [0.25, 0.3) is 0 Å². The SMILES string of the molecule is CC(C)[C@H]1CN(CC2CC2)CCN1.Cl. The van der Waals surface area contributed by atoms with Crippen molar-refractivity contribution in [2.75, 3.05) is 26.2 Å². The molecule has 1 saturated carbocycles. The van der Waals surface area contributed by atoms with Crippen LogP contribution in [0, 0.1) is 11.8 Å². The molecule has 1 heterocycles. The molecule has 0 aromatic rings. The first-order valence-corrected chi connectivity index (χ1v) is 5.71. The van der Waals surface area contributed by atoms with Crippen molar-refractivity contribution < 1.29 is 0 Å². The average Bonchev–Trinajstić information content (AvgIpc) is 2.89. The molecule has 0 amide bonds. The molecule has 1 saturated heterocycles. The summed E-state index contributed by atoms with van der Waals surface area (Å²) in [5.74, 6) is 1.83. The van der Waals surface area contributed by atoms with Crippen molar-refractivity contribution in [1.82, 2.24) is 10.2 Å². The monoisotopic (exact) mass is 218 g/mol. The standard InChI is InChI=1S/C11H22N2.ClH/c1-9(2)11-8-13(6-5-12-11)7-10-3-4-10;/h9-12H,3-8H2,1-2H3;1H/t11-;/m1./s1. The van der Waals surface area contributed by atoms with Gasteiger partial charge in [-0.3, -0.25) is 0 Å². The van der Waals surface area contributed by atoms with Crippen LogP contribution in [0.3, 0.4) is 0 Å². The summed E-state index contributed by atoms with van der Waals surface area (Å²) < 4.78 is 0. The second kappa shape index (κ2) is 5.34. The first kappa shape index (κ1) is 12.3. The maximum absolute atomic E-state index is 3.60. The fourth-order valence-corrected chi connectivity index (χ4v) is 2.12. The summed E-state index contributed by atoms with van der Waals surface area (Å²) in [6, 6.07) is 0.729. The third kappa shape index (κ3) is 3.41. The molecule has 1 aliphatic heterocycles. The van der Waals surface area contributed by atoms with E-state index < -0.39 is 0 Å². The molecule has 84 valence electrons. The van der Waals surface area contributed by atoms with Crippen molar-refractivity contribution in [2.24, 2.45) is 11.8 Å². The van der Waals surface area contributed by atoms with Crippen LogP contribution in [-0.2, 0) is 0 Å². The van der Waals surface area contributed by atoms with Gasteiger partial charge in [0.1, 0.15) is 0 Å². The van der Waals surface area contributed by atoms with Gasteiger partial charge in [-0.1, -0.05) is 13.8 Å². The second-order valence-corrected chi connectivity index (χ2v) is 5.01. The molecular formula is C11H23ClN2. The first-order chi connectivity index (χ1) is 6.25. The summed E-state index contributed by atoms with van der Waals surface area (Å²) in [5.41, 5.74) is 0. The van der Waals surface area contributed by atoms with E-state index in [-0.39, 0.29) is 12.4 Å². The van der Waals surface area contributed by atoms with Gasteiger partial charge in [-0.15, -0.1) is 12.4 Å². The normalized spacial score (nSPS) is 28.9. The molecule has 2 fully saturated rings. The van der Waals surface area contributed by atoms with Gasteiger partial charge in [0.05, 0.1) is 0 Å². The van der Waals surface area contributed by atoms with Gasteiger partial charge >= 0.3 is 0 Å². The van der Waals surface area contributed by atoms with Crippen LogP contribution in [0.15, 0.2) is 0 Å². The van der Waals surface area contributed by atoms with Gasteiger partial charge in [0, 0.05) is 32.2 Å². The summed E-state index contributed by atoms with van der Waals surface area (Å²) in [4.78, 5) is 2.65. The van der Waals surface area contributed by atoms with Crippen LogP contribution in [0.2, 0.25) is 0 Å². The molecule has 0 aromatic heterocycles. The lowest BCUT2D eigenvalue weighted by molar-refractivity contribution is 0.169. The van der Waals surface area contributed by atoms with E-state index in [0.29, 0.717) is 0 Å². The highest BCUT2D eigenvalue weighted by molar-refractivity contribution is 5.85. The lowest BCUT2D eigenvalue weighted by Gasteiger charge is -2.35. The molecule has 1 atom stereocenters. The molecule has 3 heteroatoms. The molecule has 0 unspecified atom stereocenters. The van der Waals surface area contributed by atoms with Gasteiger partial charge < -0.3 is 10.2 Å². The largest absolute Gasteiger partial charge is 0.311 e. The highest BCUT2D eigenvalue weighted by Gasteiger charge is 2.28. The topological polar surface area (TPSA) is 15.3 Å². The molecule has 1 N–H and O–H groups in total. The van der Waals surface area contributed by atoms with Crippen molar-refractivity contribution in [3.8, 4) is 0 Å². The summed E-state index contributed by atoms with van der Waals surface area (Å²) in [7, 11) is 0. The Morgan fingerprint density at radius 1 is 1.36 bits per heavy atom. The number of rotatable bonds is 3. The Morgan fingerprint density at radius 2 is 2.07 bits per heavy atom. The van der Waals surface area contributed by atoms with E-state index >= 15 is 0 Å². The predicted octanol–water partition coefficient (Wildman–Crippen LogP) is 1.75. The summed E-state index contributed by atoms with van der Waals surface area (Å²) >= 11 is 0. The minimum atomic E-state index is 0. The molecule has 0 bridgehead atoms. The minimum absolute atomic E-state index is 0. The zero-order valence-electron chi connectivity index (χ0n) is 9.33. The van der Waals surface area contributed by atoms with Crippen LogP contribution in [0.5, 0.6) is 0 Å². The van der Waals surface area contributed by atoms with Crippen molar-refractivity contribution >= 4 is 12.4 Å². The molecule has 0 aromatic carbocycles. The number of nitrogens with zero attached hydrogens (tertiary/aromatic N) is 1. The third-order valence-corrected chi connectivity index (χ3v) is 3.31. The maximum atomic E-state index is 3.60. The number of halogens is 1. The number of hydrogen-bond donors (Lipinski definition) is 1. The Labute approximate surface area is 93.8 Å². The Balaban J connectivity index is 0.000000980. The molecule has 2 aliphatic rings. The molecule has 0 radical (unpaired) electrons. The molecule has 2 nitrogen and oxygen atoms in total. The smallest absolute Gasteiger partial charge is 0.0218 e. The van der Waals surface area contributed by atoms with Crippen molar-refractivity contribution in [2.45, 2.75) is 32.7 Å². The summed E-state index contributed by atoms with van der Waals surface area (Å²) in [6.45, 7) is 9.73. The predicted molar refractivity (Wildman–Crippen MR) is 63.0 cm³/mol. The molecule has 2 rings (SSSR count). The molecule has 14 heavy (non-hydrogen) atoms. The van der Waals surface area contributed by atoms with Gasteiger partial charge in [0.25, 0.3) is 0 Å².